The van der Waals surface area contributed by atoms with Crippen molar-refractivity contribution >= 4 is 17.5 Å². The van der Waals surface area contributed by atoms with Crippen LogP contribution in [0.2, 0.25) is 0 Å². The van der Waals surface area contributed by atoms with Crippen molar-refractivity contribution in [1.29, 1.82) is 0 Å². The summed E-state index contributed by atoms with van der Waals surface area (Å²) in [5, 5.41) is 5.88. The van der Waals surface area contributed by atoms with Gasteiger partial charge in [0.15, 0.2) is 11.5 Å². The fourth-order valence-corrected chi connectivity index (χ4v) is 3.41. The summed E-state index contributed by atoms with van der Waals surface area (Å²) in [4.78, 5) is 24.7. The first kappa shape index (κ1) is 20.9. The Morgan fingerprint density at radius 3 is 1.89 bits per heavy atom. The van der Waals surface area contributed by atoms with E-state index in [1.165, 1.54) is 21.3 Å². The van der Waals surface area contributed by atoms with Crippen LogP contribution in [0.5, 0.6) is 17.2 Å². The fraction of sp³-hybridized carbons (Fsp3) is 0.600. The predicted molar refractivity (Wildman–Crippen MR) is 103 cm³/mol. The van der Waals surface area contributed by atoms with Crippen LogP contribution in [0.25, 0.3) is 0 Å². The van der Waals surface area contributed by atoms with Crippen LogP contribution in [0, 0.1) is 11.8 Å². The molecule has 1 aromatic rings. The van der Waals surface area contributed by atoms with Gasteiger partial charge in [-0.2, -0.15) is 0 Å². The lowest BCUT2D eigenvalue weighted by Gasteiger charge is -2.27. The van der Waals surface area contributed by atoms with Gasteiger partial charge in [-0.05, 0) is 32.1 Å². The van der Waals surface area contributed by atoms with Crippen LogP contribution in [0.15, 0.2) is 12.1 Å². The Labute approximate surface area is 160 Å². The Bertz CT molecular complexity index is 629. The van der Waals surface area contributed by atoms with Crippen LogP contribution in [-0.2, 0) is 9.59 Å². The molecule has 0 atom stereocenters. The standard InChI is InChI=1S/C20H30N2O5/c1-5-10-21-19(23)13-6-8-14(9-7-13)20(24)22-15-11-16(25-2)18(27-4)17(12-15)26-3/h11-14H,5-10H2,1-4H3,(H,21,23)(H,22,24). The van der Waals surface area contributed by atoms with Crippen LogP contribution in [0.1, 0.15) is 39.0 Å². The van der Waals surface area contributed by atoms with Crippen molar-refractivity contribution in [1.82, 2.24) is 5.32 Å². The maximum atomic E-state index is 12.6. The third-order valence-corrected chi connectivity index (χ3v) is 4.95. The second-order valence-corrected chi connectivity index (χ2v) is 6.74. The number of hydrogen-bond donors (Lipinski definition) is 2. The van der Waals surface area contributed by atoms with Crippen LogP contribution < -0.4 is 24.8 Å². The van der Waals surface area contributed by atoms with Gasteiger partial charge < -0.3 is 24.8 Å². The Morgan fingerprint density at radius 1 is 0.926 bits per heavy atom. The van der Waals surface area contributed by atoms with Gasteiger partial charge in [0.05, 0.1) is 21.3 Å². The smallest absolute Gasteiger partial charge is 0.227 e. The molecule has 0 aromatic heterocycles. The summed E-state index contributed by atoms with van der Waals surface area (Å²) in [6, 6.07) is 3.42. The molecule has 0 radical (unpaired) electrons. The predicted octanol–water partition coefficient (Wildman–Crippen LogP) is 2.98. The minimum Gasteiger partial charge on any atom is -0.493 e. The molecular formula is C20H30N2O5. The highest BCUT2D eigenvalue weighted by atomic mass is 16.5. The fourth-order valence-electron chi connectivity index (χ4n) is 3.41. The molecule has 0 aliphatic heterocycles. The molecule has 7 nitrogen and oxygen atoms in total. The average Bonchev–Trinajstić information content (AvgIpc) is 2.71. The van der Waals surface area contributed by atoms with E-state index in [4.69, 9.17) is 14.2 Å². The van der Waals surface area contributed by atoms with Crippen molar-refractivity contribution in [2.45, 2.75) is 39.0 Å². The van der Waals surface area contributed by atoms with Gasteiger partial charge >= 0.3 is 0 Å². The summed E-state index contributed by atoms with van der Waals surface area (Å²) in [5.74, 6) is 1.45. The van der Waals surface area contributed by atoms with Crippen molar-refractivity contribution < 1.29 is 23.8 Å². The molecule has 0 saturated heterocycles. The molecule has 0 unspecified atom stereocenters. The average molecular weight is 378 g/mol. The number of methoxy groups -OCH3 is 3. The molecule has 1 fully saturated rings. The first-order chi connectivity index (χ1) is 13.0. The Morgan fingerprint density at radius 2 is 1.44 bits per heavy atom. The molecule has 1 aliphatic carbocycles. The Hall–Kier alpha value is -2.44. The lowest BCUT2D eigenvalue weighted by molar-refractivity contribution is -0.128. The van der Waals surface area contributed by atoms with E-state index < -0.39 is 0 Å². The number of amides is 2. The van der Waals surface area contributed by atoms with Crippen molar-refractivity contribution in [2.24, 2.45) is 11.8 Å². The summed E-state index contributed by atoms with van der Waals surface area (Å²) in [5.41, 5.74) is 0.595. The van der Waals surface area contributed by atoms with Crippen molar-refractivity contribution in [3.63, 3.8) is 0 Å². The van der Waals surface area contributed by atoms with Gasteiger partial charge in [0.2, 0.25) is 17.6 Å². The molecule has 1 saturated carbocycles. The molecule has 2 N–H and O–H groups in total. The lowest BCUT2D eigenvalue weighted by Crippen LogP contribution is -2.35. The quantitative estimate of drug-likeness (QED) is 0.726. The zero-order chi connectivity index (χ0) is 19.8. The second-order valence-electron chi connectivity index (χ2n) is 6.74. The highest BCUT2D eigenvalue weighted by Crippen LogP contribution is 2.40. The molecule has 27 heavy (non-hydrogen) atoms. The van der Waals surface area contributed by atoms with E-state index in [1.807, 2.05) is 6.92 Å². The first-order valence-corrected chi connectivity index (χ1v) is 9.42. The van der Waals surface area contributed by atoms with E-state index in [-0.39, 0.29) is 23.7 Å². The number of anilines is 1. The minimum absolute atomic E-state index is 0.0155. The summed E-state index contributed by atoms with van der Waals surface area (Å²) in [6.07, 6.45) is 3.82. The molecule has 2 amide bonds. The maximum Gasteiger partial charge on any atom is 0.227 e. The second kappa shape index (κ2) is 10.0. The summed E-state index contributed by atoms with van der Waals surface area (Å²) in [6.45, 7) is 2.74. The van der Waals surface area contributed by atoms with E-state index in [9.17, 15) is 9.59 Å². The number of nitrogens with one attached hydrogen (secondary N) is 2. The molecular weight excluding hydrogens is 348 g/mol. The summed E-state index contributed by atoms with van der Waals surface area (Å²) < 4.78 is 15.9. The minimum atomic E-state index is -0.0979. The van der Waals surface area contributed by atoms with E-state index in [2.05, 4.69) is 10.6 Å². The SMILES string of the molecule is CCCNC(=O)C1CCC(C(=O)Nc2cc(OC)c(OC)c(OC)c2)CC1. The molecule has 150 valence electrons. The summed E-state index contributed by atoms with van der Waals surface area (Å²) >= 11 is 0. The third kappa shape index (κ3) is 5.28. The number of carbonyl (C=O) groups is 2. The van der Waals surface area contributed by atoms with Gasteiger partial charge in [0.25, 0.3) is 0 Å². The van der Waals surface area contributed by atoms with E-state index in [0.29, 0.717) is 42.3 Å². The molecule has 2 rings (SSSR count). The van der Waals surface area contributed by atoms with Crippen LogP contribution in [0.4, 0.5) is 5.69 Å². The largest absolute Gasteiger partial charge is 0.493 e. The van der Waals surface area contributed by atoms with Gasteiger partial charge in [-0.25, -0.2) is 0 Å². The summed E-state index contributed by atoms with van der Waals surface area (Å²) in [7, 11) is 4.61. The van der Waals surface area contributed by atoms with E-state index >= 15 is 0 Å². The van der Waals surface area contributed by atoms with Gasteiger partial charge in [0.1, 0.15) is 0 Å². The van der Waals surface area contributed by atoms with E-state index in [1.54, 1.807) is 12.1 Å². The molecule has 1 aliphatic rings. The highest BCUT2D eigenvalue weighted by molar-refractivity contribution is 5.93. The first-order valence-electron chi connectivity index (χ1n) is 9.42. The Balaban J connectivity index is 1.97. The monoisotopic (exact) mass is 378 g/mol. The number of ether oxygens (including phenoxy) is 3. The highest BCUT2D eigenvalue weighted by Gasteiger charge is 2.30. The van der Waals surface area contributed by atoms with Crippen molar-refractivity contribution in [3.8, 4) is 17.2 Å². The van der Waals surface area contributed by atoms with Gasteiger partial charge in [-0.1, -0.05) is 6.92 Å². The zero-order valence-corrected chi connectivity index (χ0v) is 16.6. The zero-order valence-electron chi connectivity index (χ0n) is 16.6. The molecule has 0 bridgehead atoms. The van der Waals surface area contributed by atoms with Crippen LogP contribution in [-0.4, -0.2) is 39.7 Å². The topological polar surface area (TPSA) is 85.9 Å². The van der Waals surface area contributed by atoms with Crippen LogP contribution >= 0.6 is 0 Å². The molecule has 0 spiro atoms. The van der Waals surface area contributed by atoms with Gasteiger partial charge in [-0.3, -0.25) is 9.59 Å². The number of rotatable bonds is 8. The number of carbonyl (C=O) groups excluding carboxylic acids is 2. The van der Waals surface area contributed by atoms with Gasteiger partial charge in [0, 0.05) is 36.2 Å². The molecule has 0 heterocycles. The number of benzene rings is 1. The lowest BCUT2D eigenvalue weighted by atomic mass is 9.81. The molecule has 1 aromatic carbocycles. The van der Waals surface area contributed by atoms with Crippen molar-refractivity contribution in [3.05, 3.63) is 12.1 Å². The number of hydrogen-bond acceptors (Lipinski definition) is 5. The van der Waals surface area contributed by atoms with Crippen LogP contribution in [0.3, 0.4) is 0 Å². The van der Waals surface area contributed by atoms with E-state index in [0.717, 1.165) is 19.3 Å². The molecule has 7 heteroatoms. The Kier molecular flexibility index (Phi) is 7.76. The third-order valence-electron chi connectivity index (χ3n) is 4.95. The van der Waals surface area contributed by atoms with Gasteiger partial charge in [-0.15, -0.1) is 0 Å². The van der Waals surface area contributed by atoms with Crippen molar-refractivity contribution in [2.75, 3.05) is 33.2 Å². The normalized spacial score (nSPS) is 19.1. The maximum absolute atomic E-state index is 12.6.